The summed E-state index contributed by atoms with van der Waals surface area (Å²) in [5, 5.41) is 12.1. The molecule has 3 rings (SSSR count). The molecule has 106 valence electrons. The SMILES string of the molecule is CN(C(=O)Nc1ccc(C2(C(=O)O)CC2)cc1)C1CC1. The van der Waals surface area contributed by atoms with Gasteiger partial charge in [0.15, 0.2) is 0 Å². The van der Waals surface area contributed by atoms with Crippen LogP contribution in [0.25, 0.3) is 0 Å². The Morgan fingerprint density at radius 1 is 1.25 bits per heavy atom. The maximum Gasteiger partial charge on any atom is 0.321 e. The van der Waals surface area contributed by atoms with E-state index in [0.717, 1.165) is 18.4 Å². The van der Waals surface area contributed by atoms with Crippen molar-refractivity contribution in [3.8, 4) is 0 Å². The standard InChI is InChI=1S/C15H18N2O3/c1-17(12-6-7-12)14(20)16-11-4-2-10(3-5-11)15(8-9-15)13(18)19/h2-5,12H,6-9H2,1H3,(H,16,20)(H,18,19). The van der Waals surface area contributed by atoms with Gasteiger partial charge >= 0.3 is 12.0 Å². The molecule has 2 aliphatic rings. The Labute approximate surface area is 117 Å². The van der Waals surface area contributed by atoms with Gasteiger partial charge in [0.05, 0.1) is 5.41 Å². The molecule has 0 aliphatic heterocycles. The summed E-state index contributed by atoms with van der Waals surface area (Å²) in [4.78, 5) is 24.9. The van der Waals surface area contributed by atoms with E-state index in [1.165, 1.54) is 0 Å². The zero-order valence-corrected chi connectivity index (χ0v) is 11.4. The summed E-state index contributed by atoms with van der Waals surface area (Å²) in [6.45, 7) is 0. The second-order valence-electron chi connectivity index (χ2n) is 5.74. The Morgan fingerprint density at radius 2 is 1.85 bits per heavy atom. The molecule has 2 aliphatic carbocycles. The highest BCUT2D eigenvalue weighted by atomic mass is 16.4. The van der Waals surface area contributed by atoms with Crippen LogP contribution in [-0.4, -0.2) is 35.1 Å². The molecule has 2 amide bonds. The Kier molecular flexibility index (Phi) is 2.92. The minimum atomic E-state index is -0.761. The fourth-order valence-electron chi connectivity index (χ4n) is 2.46. The van der Waals surface area contributed by atoms with Crippen LogP contribution in [0.3, 0.4) is 0 Å². The second-order valence-corrected chi connectivity index (χ2v) is 5.74. The highest BCUT2D eigenvalue weighted by Gasteiger charge is 2.51. The van der Waals surface area contributed by atoms with E-state index < -0.39 is 11.4 Å². The third kappa shape index (κ3) is 2.24. The van der Waals surface area contributed by atoms with Crippen molar-refractivity contribution in [3.05, 3.63) is 29.8 Å². The molecule has 0 heterocycles. The highest BCUT2D eigenvalue weighted by Crippen LogP contribution is 2.48. The Morgan fingerprint density at radius 3 is 2.30 bits per heavy atom. The normalized spacial score (nSPS) is 19.2. The topological polar surface area (TPSA) is 69.6 Å². The van der Waals surface area contributed by atoms with E-state index in [4.69, 9.17) is 0 Å². The van der Waals surface area contributed by atoms with Crippen LogP contribution in [0, 0.1) is 0 Å². The van der Waals surface area contributed by atoms with E-state index in [0.29, 0.717) is 24.6 Å². The third-order valence-electron chi connectivity index (χ3n) is 4.26. The Balaban J connectivity index is 1.67. The predicted octanol–water partition coefficient (Wildman–Crippen LogP) is 2.43. The minimum absolute atomic E-state index is 0.111. The van der Waals surface area contributed by atoms with Gasteiger partial charge in [-0.2, -0.15) is 0 Å². The van der Waals surface area contributed by atoms with Crippen LogP contribution in [0.5, 0.6) is 0 Å². The van der Waals surface area contributed by atoms with Crippen molar-refractivity contribution in [1.82, 2.24) is 4.90 Å². The number of rotatable bonds is 4. The molecule has 0 unspecified atom stereocenters. The van der Waals surface area contributed by atoms with E-state index in [9.17, 15) is 14.7 Å². The molecule has 2 fully saturated rings. The number of hydrogen-bond acceptors (Lipinski definition) is 2. The van der Waals surface area contributed by atoms with E-state index >= 15 is 0 Å². The zero-order chi connectivity index (χ0) is 14.3. The lowest BCUT2D eigenvalue weighted by Gasteiger charge is -2.17. The zero-order valence-electron chi connectivity index (χ0n) is 11.4. The second kappa shape index (κ2) is 4.51. The summed E-state index contributed by atoms with van der Waals surface area (Å²) in [5.41, 5.74) is 0.832. The number of benzene rings is 1. The molecule has 20 heavy (non-hydrogen) atoms. The van der Waals surface area contributed by atoms with Gasteiger partial charge < -0.3 is 15.3 Å². The molecule has 2 N–H and O–H groups in total. The maximum absolute atomic E-state index is 11.9. The largest absolute Gasteiger partial charge is 0.481 e. The van der Waals surface area contributed by atoms with E-state index in [1.54, 1.807) is 36.2 Å². The molecular weight excluding hydrogens is 256 g/mol. The van der Waals surface area contributed by atoms with Crippen LogP contribution in [0.2, 0.25) is 0 Å². The van der Waals surface area contributed by atoms with Gasteiger partial charge in [-0.05, 0) is 43.4 Å². The molecule has 0 bridgehead atoms. The molecule has 1 aromatic rings. The summed E-state index contributed by atoms with van der Waals surface area (Å²) < 4.78 is 0. The lowest BCUT2D eigenvalue weighted by molar-refractivity contribution is -0.140. The predicted molar refractivity (Wildman–Crippen MR) is 74.8 cm³/mol. The molecule has 5 nitrogen and oxygen atoms in total. The quantitative estimate of drug-likeness (QED) is 0.886. The first-order chi connectivity index (χ1) is 9.53. The highest BCUT2D eigenvalue weighted by molar-refractivity contribution is 5.90. The number of carboxylic acid groups (broad SMARTS) is 1. The first kappa shape index (κ1) is 13.0. The molecule has 0 radical (unpaired) electrons. The molecule has 5 heteroatoms. The first-order valence-electron chi connectivity index (χ1n) is 6.91. The van der Waals surface area contributed by atoms with E-state index in [2.05, 4.69) is 5.32 Å². The van der Waals surface area contributed by atoms with Crippen molar-refractivity contribution in [2.24, 2.45) is 0 Å². The van der Waals surface area contributed by atoms with Gasteiger partial charge in [0.25, 0.3) is 0 Å². The molecule has 1 aromatic carbocycles. The van der Waals surface area contributed by atoms with Gasteiger partial charge in [0.1, 0.15) is 0 Å². The van der Waals surface area contributed by atoms with Crippen molar-refractivity contribution in [3.63, 3.8) is 0 Å². The number of amides is 2. The van der Waals surface area contributed by atoms with Crippen molar-refractivity contribution < 1.29 is 14.7 Å². The van der Waals surface area contributed by atoms with Gasteiger partial charge in [-0.25, -0.2) is 4.79 Å². The lowest BCUT2D eigenvalue weighted by atomic mass is 9.96. The van der Waals surface area contributed by atoms with E-state index in [1.807, 2.05) is 0 Å². The van der Waals surface area contributed by atoms with Gasteiger partial charge in [-0.15, -0.1) is 0 Å². The lowest BCUT2D eigenvalue weighted by Crippen LogP contribution is -2.33. The Bertz CT molecular complexity index is 545. The number of carbonyl (C=O) groups is 2. The molecule has 2 saturated carbocycles. The summed E-state index contributed by atoms with van der Waals surface area (Å²) in [6.07, 6.45) is 3.53. The van der Waals surface area contributed by atoms with Crippen molar-refractivity contribution in [1.29, 1.82) is 0 Å². The maximum atomic E-state index is 11.9. The van der Waals surface area contributed by atoms with Crippen molar-refractivity contribution in [2.45, 2.75) is 37.1 Å². The summed E-state index contributed by atoms with van der Waals surface area (Å²) >= 11 is 0. The van der Waals surface area contributed by atoms with Gasteiger partial charge in [0, 0.05) is 18.8 Å². The van der Waals surface area contributed by atoms with Crippen LogP contribution in [0.4, 0.5) is 10.5 Å². The molecule has 0 aromatic heterocycles. The minimum Gasteiger partial charge on any atom is -0.481 e. The van der Waals surface area contributed by atoms with Crippen LogP contribution in [0.1, 0.15) is 31.2 Å². The van der Waals surface area contributed by atoms with Crippen LogP contribution in [0.15, 0.2) is 24.3 Å². The number of carbonyl (C=O) groups excluding carboxylic acids is 1. The monoisotopic (exact) mass is 274 g/mol. The summed E-state index contributed by atoms with van der Waals surface area (Å²) in [7, 11) is 1.80. The number of anilines is 1. The van der Waals surface area contributed by atoms with Crippen molar-refractivity contribution in [2.75, 3.05) is 12.4 Å². The number of carboxylic acids is 1. The number of aliphatic carboxylic acids is 1. The molecule has 0 saturated heterocycles. The van der Waals surface area contributed by atoms with Gasteiger partial charge in [0.2, 0.25) is 0 Å². The number of urea groups is 1. The van der Waals surface area contributed by atoms with E-state index in [-0.39, 0.29) is 6.03 Å². The smallest absolute Gasteiger partial charge is 0.321 e. The average Bonchev–Trinajstić information content (AvgIpc) is 3.29. The summed E-state index contributed by atoms with van der Waals surface area (Å²) in [5.74, 6) is -0.761. The van der Waals surface area contributed by atoms with Crippen LogP contribution >= 0.6 is 0 Å². The van der Waals surface area contributed by atoms with Crippen molar-refractivity contribution >= 4 is 17.7 Å². The molecule has 0 atom stereocenters. The fourth-order valence-corrected chi connectivity index (χ4v) is 2.46. The average molecular weight is 274 g/mol. The van der Waals surface area contributed by atoms with Gasteiger partial charge in [-0.1, -0.05) is 12.1 Å². The van der Waals surface area contributed by atoms with Crippen LogP contribution < -0.4 is 5.32 Å². The third-order valence-corrected chi connectivity index (χ3v) is 4.26. The number of nitrogens with one attached hydrogen (secondary N) is 1. The fraction of sp³-hybridized carbons (Fsp3) is 0.467. The Hall–Kier alpha value is -2.04. The van der Waals surface area contributed by atoms with Crippen LogP contribution in [-0.2, 0) is 10.2 Å². The number of hydrogen-bond donors (Lipinski definition) is 2. The van der Waals surface area contributed by atoms with Gasteiger partial charge in [-0.3, -0.25) is 4.79 Å². The summed E-state index contributed by atoms with van der Waals surface area (Å²) in [6, 6.07) is 7.41. The number of nitrogens with zero attached hydrogens (tertiary/aromatic N) is 1. The molecular formula is C15H18N2O3. The molecule has 0 spiro atoms. The first-order valence-corrected chi connectivity index (χ1v) is 6.91.